The highest BCUT2D eigenvalue weighted by atomic mass is 32.1. The third-order valence-electron chi connectivity index (χ3n) is 4.47. The number of halogens is 1. The Morgan fingerprint density at radius 3 is 2.56 bits per heavy atom. The van der Waals surface area contributed by atoms with Crippen LogP contribution in [0.1, 0.15) is 5.56 Å². The maximum atomic E-state index is 14.6. The van der Waals surface area contributed by atoms with Crippen molar-refractivity contribution in [1.29, 1.82) is 0 Å². The van der Waals surface area contributed by atoms with Gasteiger partial charge in [-0.2, -0.15) is 0 Å². The van der Waals surface area contributed by atoms with Crippen molar-refractivity contribution in [3.8, 4) is 11.3 Å². The average molecular weight is 367 g/mol. The maximum Gasteiger partial charge on any atom is 0.131 e. The number of benzene rings is 2. The third-order valence-corrected chi connectivity index (χ3v) is 9.45. The van der Waals surface area contributed by atoms with Crippen molar-refractivity contribution >= 4 is 44.9 Å². The molecular weight excluding hydrogens is 347 g/mol. The molecule has 0 bridgehead atoms. The lowest BCUT2D eigenvalue weighted by Gasteiger charge is -2.14. The van der Waals surface area contributed by atoms with E-state index in [1.165, 1.54) is 10.1 Å². The van der Waals surface area contributed by atoms with Gasteiger partial charge in [0.1, 0.15) is 12.1 Å². The third kappa shape index (κ3) is 2.67. The Morgan fingerprint density at radius 2 is 1.80 bits per heavy atom. The Hall–Kier alpha value is -2.11. The minimum atomic E-state index is -1.46. The van der Waals surface area contributed by atoms with Gasteiger partial charge in [0.2, 0.25) is 0 Å². The van der Waals surface area contributed by atoms with E-state index in [0.29, 0.717) is 5.39 Å². The quantitative estimate of drug-likeness (QED) is 0.438. The molecule has 4 aromatic rings. The van der Waals surface area contributed by atoms with E-state index in [-0.39, 0.29) is 5.82 Å². The smallest absolute Gasteiger partial charge is 0.131 e. The molecule has 2 heterocycles. The normalized spacial score (nSPS) is 12.2. The number of aryl methyl sites for hydroxylation is 1. The molecule has 126 valence electrons. The maximum absolute atomic E-state index is 14.6. The van der Waals surface area contributed by atoms with Crippen molar-refractivity contribution in [3.05, 3.63) is 54.1 Å². The molecule has 25 heavy (non-hydrogen) atoms. The van der Waals surface area contributed by atoms with E-state index >= 15 is 0 Å². The predicted molar refractivity (Wildman–Crippen MR) is 108 cm³/mol. The molecule has 0 aliphatic rings. The summed E-state index contributed by atoms with van der Waals surface area (Å²) in [6.07, 6.45) is 1.60. The first-order chi connectivity index (χ1) is 11.9. The number of nitrogens with zero attached hydrogens (tertiary/aromatic N) is 2. The van der Waals surface area contributed by atoms with E-state index in [1.54, 1.807) is 23.7 Å². The second kappa shape index (κ2) is 5.71. The number of rotatable bonds is 2. The van der Waals surface area contributed by atoms with Gasteiger partial charge in [-0.15, -0.1) is 11.3 Å². The molecule has 0 unspecified atom stereocenters. The van der Waals surface area contributed by atoms with Crippen molar-refractivity contribution in [1.82, 2.24) is 9.97 Å². The molecule has 4 rings (SSSR count). The summed E-state index contributed by atoms with van der Waals surface area (Å²) in [5.74, 6) is -0.210. The van der Waals surface area contributed by atoms with E-state index in [0.717, 1.165) is 26.9 Å². The molecule has 5 heteroatoms. The Balaban J connectivity index is 2.02. The zero-order valence-electron chi connectivity index (χ0n) is 14.7. The van der Waals surface area contributed by atoms with Gasteiger partial charge in [0.15, 0.2) is 0 Å². The van der Waals surface area contributed by atoms with Crippen LogP contribution in [0.5, 0.6) is 0 Å². The van der Waals surface area contributed by atoms with Crippen LogP contribution >= 0.6 is 11.3 Å². The van der Waals surface area contributed by atoms with Gasteiger partial charge >= 0.3 is 0 Å². The molecule has 0 N–H and O–H groups in total. The fourth-order valence-electron chi connectivity index (χ4n) is 3.35. The molecule has 0 amide bonds. The van der Waals surface area contributed by atoms with Crippen LogP contribution in [0.25, 0.3) is 32.2 Å². The number of aromatic nitrogens is 2. The van der Waals surface area contributed by atoms with Gasteiger partial charge in [0, 0.05) is 10.9 Å². The minimum absolute atomic E-state index is 0.210. The van der Waals surface area contributed by atoms with Crippen molar-refractivity contribution in [2.45, 2.75) is 26.6 Å². The molecule has 0 aliphatic carbocycles. The van der Waals surface area contributed by atoms with E-state index in [1.807, 2.05) is 30.3 Å². The van der Waals surface area contributed by atoms with Crippen LogP contribution in [0.3, 0.4) is 0 Å². The Bertz CT molecular complexity index is 1110. The van der Waals surface area contributed by atoms with Crippen LogP contribution in [0.2, 0.25) is 19.6 Å². The lowest BCUT2D eigenvalue weighted by molar-refractivity contribution is 0.640. The van der Waals surface area contributed by atoms with Crippen LogP contribution in [0.15, 0.2) is 42.7 Å². The van der Waals surface area contributed by atoms with Gasteiger partial charge in [0.25, 0.3) is 0 Å². The molecule has 2 aromatic heterocycles. The summed E-state index contributed by atoms with van der Waals surface area (Å²) in [4.78, 5) is 9.02. The highest BCUT2D eigenvalue weighted by molar-refractivity contribution is 7.32. The first kappa shape index (κ1) is 16.4. The minimum Gasteiger partial charge on any atom is -0.235 e. The van der Waals surface area contributed by atoms with Crippen molar-refractivity contribution in [2.75, 3.05) is 0 Å². The average Bonchev–Trinajstić information content (AvgIpc) is 2.92. The largest absolute Gasteiger partial charge is 0.235 e. The number of fused-ring (bicyclic) bond motifs is 2. The summed E-state index contributed by atoms with van der Waals surface area (Å²) in [6, 6.07) is 11.1. The predicted octanol–water partition coefficient (Wildman–Crippen LogP) is 5.50. The van der Waals surface area contributed by atoms with Gasteiger partial charge in [-0.25, -0.2) is 14.4 Å². The highest BCUT2D eigenvalue weighted by Gasteiger charge is 2.25. The fourth-order valence-corrected chi connectivity index (χ4v) is 7.14. The van der Waals surface area contributed by atoms with Crippen LogP contribution in [-0.4, -0.2) is 18.0 Å². The molecule has 0 radical (unpaired) electrons. The summed E-state index contributed by atoms with van der Waals surface area (Å²) in [7, 11) is -1.46. The fraction of sp³-hybridized carbons (Fsp3) is 0.200. The molecule has 0 fully saturated rings. The first-order valence-electron chi connectivity index (χ1n) is 8.29. The van der Waals surface area contributed by atoms with Gasteiger partial charge in [0.05, 0.1) is 24.0 Å². The number of thiophene rings is 1. The molecule has 0 saturated carbocycles. The Morgan fingerprint density at radius 1 is 1.04 bits per heavy atom. The van der Waals surface area contributed by atoms with E-state index in [2.05, 4.69) is 36.5 Å². The molecule has 0 saturated heterocycles. The molecular formula is C20H19FN2SSi. The lowest BCUT2D eigenvalue weighted by atomic mass is 10.0. The second-order valence-electron chi connectivity index (χ2n) is 7.39. The molecule has 2 nitrogen and oxygen atoms in total. The van der Waals surface area contributed by atoms with Gasteiger partial charge in [-0.1, -0.05) is 43.9 Å². The van der Waals surface area contributed by atoms with Gasteiger partial charge in [-0.05, 0) is 34.5 Å². The van der Waals surface area contributed by atoms with Gasteiger partial charge < -0.3 is 0 Å². The summed E-state index contributed by atoms with van der Waals surface area (Å²) in [5, 5.41) is 1.53. The number of hydrogen-bond acceptors (Lipinski definition) is 3. The summed E-state index contributed by atoms with van der Waals surface area (Å²) >= 11 is 1.78. The zero-order chi connectivity index (χ0) is 17.8. The SMILES string of the molecule is Cc1c([Si](C)(C)C)sc2c(-c3cc(F)c4ccccc4c3)ncnc12. The Kier molecular flexibility index (Phi) is 3.74. The molecule has 2 aromatic carbocycles. The van der Waals surface area contributed by atoms with E-state index in [9.17, 15) is 4.39 Å². The van der Waals surface area contributed by atoms with Crippen molar-refractivity contribution in [2.24, 2.45) is 0 Å². The van der Waals surface area contributed by atoms with E-state index in [4.69, 9.17) is 0 Å². The van der Waals surface area contributed by atoms with Crippen molar-refractivity contribution in [3.63, 3.8) is 0 Å². The highest BCUT2D eigenvalue weighted by Crippen LogP contribution is 2.34. The summed E-state index contributed by atoms with van der Waals surface area (Å²) in [6.45, 7) is 9.17. The standard InChI is InChI=1S/C20H19FN2SSi/c1-12-17-19(24-20(12)25(2,3)4)18(23-11-22-17)14-9-13-7-5-6-8-15(13)16(21)10-14/h5-11H,1-4H3. The monoisotopic (exact) mass is 366 g/mol. The zero-order valence-corrected chi connectivity index (χ0v) is 16.5. The van der Waals surface area contributed by atoms with Gasteiger partial charge in [-0.3, -0.25) is 0 Å². The van der Waals surface area contributed by atoms with Crippen LogP contribution < -0.4 is 4.50 Å². The first-order valence-corrected chi connectivity index (χ1v) is 12.6. The topological polar surface area (TPSA) is 25.8 Å². The van der Waals surface area contributed by atoms with Crippen LogP contribution in [0.4, 0.5) is 4.39 Å². The Labute approximate surface area is 151 Å². The summed E-state index contributed by atoms with van der Waals surface area (Å²) in [5.41, 5.74) is 3.89. The number of hydrogen-bond donors (Lipinski definition) is 0. The molecule has 0 spiro atoms. The van der Waals surface area contributed by atoms with Crippen LogP contribution in [-0.2, 0) is 0 Å². The molecule has 0 atom stereocenters. The second-order valence-corrected chi connectivity index (χ2v) is 13.8. The molecule has 0 aliphatic heterocycles. The van der Waals surface area contributed by atoms with Crippen molar-refractivity contribution < 1.29 is 4.39 Å². The lowest BCUT2D eigenvalue weighted by Crippen LogP contribution is -2.36. The van der Waals surface area contributed by atoms with Crippen LogP contribution in [0, 0.1) is 12.7 Å². The summed E-state index contributed by atoms with van der Waals surface area (Å²) < 4.78 is 17.1. The van der Waals surface area contributed by atoms with E-state index < -0.39 is 8.07 Å².